The number of nitrogens with zero attached hydrogens (tertiary/aromatic N) is 1. The summed E-state index contributed by atoms with van der Waals surface area (Å²) in [4.78, 5) is 4.29. The maximum absolute atomic E-state index is 13.9. The Morgan fingerprint density at radius 2 is 1.92 bits per heavy atom. The minimum absolute atomic E-state index is 0.0440. The van der Waals surface area contributed by atoms with Crippen LogP contribution in [0.25, 0.3) is 0 Å². The van der Waals surface area contributed by atoms with Gasteiger partial charge in [0.25, 0.3) is 0 Å². The van der Waals surface area contributed by atoms with Crippen LogP contribution in [-0.4, -0.2) is 36.6 Å². The average molecular weight is 353 g/mol. The van der Waals surface area contributed by atoms with Crippen molar-refractivity contribution in [2.75, 3.05) is 13.3 Å². The van der Waals surface area contributed by atoms with Gasteiger partial charge in [0.15, 0.2) is 5.96 Å². The lowest BCUT2D eigenvalue weighted by atomic mass is 9.95. The smallest absolute Gasteiger partial charge is 0.191 e. The van der Waals surface area contributed by atoms with Crippen LogP contribution in [-0.2, 0) is 0 Å². The molecule has 0 heterocycles. The topological polar surface area (TPSA) is 36.4 Å². The van der Waals surface area contributed by atoms with Gasteiger partial charge in [-0.3, -0.25) is 4.99 Å². The Bertz CT molecular complexity index is 588. The van der Waals surface area contributed by atoms with Crippen LogP contribution >= 0.6 is 11.8 Å². The lowest BCUT2D eigenvalue weighted by Crippen LogP contribution is -2.46. The number of aliphatic imine (C=N–C) groups is 1. The molecule has 2 fully saturated rings. The monoisotopic (exact) mass is 353 g/mol. The predicted octanol–water partition coefficient (Wildman–Crippen LogP) is 3.66. The van der Waals surface area contributed by atoms with Gasteiger partial charge in [0.05, 0.1) is 0 Å². The predicted molar refractivity (Wildman–Crippen MR) is 96.7 cm³/mol. The quantitative estimate of drug-likeness (QED) is 0.641. The van der Waals surface area contributed by atoms with Crippen LogP contribution in [0, 0.1) is 11.6 Å². The summed E-state index contributed by atoms with van der Waals surface area (Å²) in [6.45, 7) is 0. The van der Waals surface area contributed by atoms with E-state index in [2.05, 4.69) is 21.9 Å². The molecule has 1 aromatic rings. The molecule has 6 heteroatoms. The standard InChI is InChI=1S/C18H25F2N3S/c1-21-18(22-11-5-3-6-12(9-11)24-2)23-16-10-13(16)17-14(19)7-4-8-15(17)20/h4,7-8,11-13,16H,3,5-6,9-10H2,1-2H3,(H2,21,22,23). The van der Waals surface area contributed by atoms with E-state index in [1.807, 2.05) is 11.8 Å². The van der Waals surface area contributed by atoms with Crippen molar-refractivity contribution in [2.45, 2.75) is 55.4 Å². The molecular formula is C18H25F2N3S. The SMILES string of the molecule is CN=C(NC1CCCC(SC)C1)NC1CC1c1c(F)cccc1F. The van der Waals surface area contributed by atoms with E-state index in [1.54, 1.807) is 7.05 Å². The molecule has 24 heavy (non-hydrogen) atoms. The third-order valence-corrected chi connectivity index (χ3v) is 6.10. The summed E-state index contributed by atoms with van der Waals surface area (Å²) < 4.78 is 27.7. The highest BCUT2D eigenvalue weighted by Gasteiger charge is 2.42. The Balaban J connectivity index is 1.56. The largest absolute Gasteiger partial charge is 0.354 e. The molecule has 0 amide bonds. The number of hydrogen-bond acceptors (Lipinski definition) is 2. The van der Waals surface area contributed by atoms with Gasteiger partial charge in [-0.1, -0.05) is 12.5 Å². The lowest BCUT2D eigenvalue weighted by Gasteiger charge is -2.30. The molecule has 3 nitrogen and oxygen atoms in total. The second-order valence-electron chi connectivity index (χ2n) is 6.67. The second-order valence-corrected chi connectivity index (χ2v) is 7.80. The Hall–Kier alpha value is -1.30. The van der Waals surface area contributed by atoms with Crippen LogP contribution in [0.3, 0.4) is 0 Å². The zero-order valence-electron chi connectivity index (χ0n) is 14.2. The summed E-state index contributed by atoms with van der Waals surface area (Å²) in [5.74, 6) is -0.286. The average Bonchev–Trinajstić information content (AvgIpc) is 3.33. The normalized spacial score (nSPS) is 30.1. The fourth-order valence-corrected chi connectivity index (χ4v) is 4.40. The van der Waals surface area contributed by atoms with E-state index in [0.717, 1.165) is 25.2 Å². The first-order valence-electron chi connectivity index (χ1n) is 8.59. The van der Waals surface area contributed by atoms with Gasteiger partial charge in [0.1, 0.15) is 11.6 Å². The highest BCUT2D eigenvalue weighted by Crippen LogP contribution is 2.43. The molecule has 2 saturated carbocycles. The van der Waals surface area contributed by atoms with E-state index < -0.39 is 11.6 Å². The molecular weight excluding hydrogens is 328 g/mol. The first kappa shape index (κ1) is 17.5. The van der Waals surface area contributed by atoms with Crippen molar-refractivity contribution >= 4 is 17.7 Å². The van der Waals surface area contributed by atoms with Gasteiger partial charge in [-0.25, -0.2) is 8.78 Å². The van der Waals surface area contributed by atoms with Crippen LogP contribution in [0.5, 0.6) is 0 Å². The van der Waals surface area contributed by atoms with E-state index in [9.17, 15) is 8.78 Å². The minimum atomic E-state index is -0.456. The molecule has 4 unspecified atom stereocenters. The molecule has 132 valence electrons. The van der Waals surface area contributed by atoms with Gasteiger partial charge in [-0.2, -0.15) is 11.8 Å². The van der Waals surface area contributed by atoms with Crippen molar-refractivity contribution in [3.05, 3.63) is 35.4 Å². The maximum atomic E-state index is 13.9. The lowest BCUT2D eigenvalue weighted by molar-refractivity contribution is 0.419. The van der Waals surface area contributed by atoms with Crippen LogP contribution < -0.4 is 10.6 Å². The molecule has 4 atom stereocenters. The summed E-state index contributed by atoms with van der Waals surface area (Å²) in [7, 11) is 1.74. The van der Waals surface area contributed by atoms with Crippen LogP contribution in [0.1, 0.15) is 43.6 Å². The zero-order chi connectivity index (χ0) is 17.1. The van der Waals surface area contributed by atoms with Gasteiger partial charge in [0.2, 0.25) is 0 Å². The van der Waals surface area contributed by atoms with Gasteiger partial charge in [-0.05, 0) is 44.1 Å². The Kier molecular flexibility index (Phi) is 5.64. The summed E-state index contributed by atoms with van der Waals surface area (Å²) in [6.07, 6.45) is 7.69. The second kappa shape index (κ2) is 7.72. The number of thioether (sulfide) groups is 1. The van der Waals surface area contributed by atoms with Gasteiger partial charge in [-0.15, -0.1) is 0 Å². The minimum Gasteiger partial charge on any atom is -0.354 e. The van der Waals surface area contributed by atoms with Crippen molar-refractivity contribution in [3.8, 4) is 0 Å². The molecule has 2 N–H and O–H groups in total. The number of halogens is 2. The molecule has 0 bridgehead atoms. The molecule has 0 saturated heterocycles. The highest BCUT2D eigenvalue weighted by molar-refractivity contribution is 7.99. The van der Waals surface area contributed by atoms with E-state index in [0.29, 0.717) is 11.3 Å². The maximum Gasteiger partial charge on any atom is 0.191 e. The molecule has 0 spiro atoms. The van der Waals surface area contributed by atoms with E-state index >= 15 is 0 Å². The number of rotatable bonds is 4. The van der Waals surface area contributed by atoms with Gasteiger partial charge < -0.3 is 10.6 Å². The molecule has 2 aliphatic rings. The van der Waals surface area contributed by atoms with Crippen LogP contribution in [0.15, 0.2) is 23.2 Å². The first-order valence-corrected chi connectivity index (χ1v) is 9.87. The number of nitrogens with one attached hydrogen (secondary N) is 2. The fourth-order valence-electron chi connectivity index (χ4n) is 3.57. The third kappa shape index (κ3) is 4.02. The summed E-state index contributed by atoms with van der Waals surface area (Å²) in [5, 5.41) is 7.51. The Morgan fingerprint density at radius 1 is 1.17 bits per heavy atom. The van der Waals surface area contributed by atoms with Gasteiger partial charge >= 0.3 is 0 Å². The van der Waals surface area contributed by atoms with E-state index in [-0.39, 0.29) is 17.5 Å². The van der Waals surface area contributed by atoms with Gasteiger partial charge in [0, 0.05) is 35.9 Å². The van der Waals surface area contributed by atoms with Crippen LogP contribution in [0.4, 0.5) is 8.78 Å². The molecule has 2 aliphatic carbocycles. The number of guanidine groups is 1. The molecule has 0 radical (unpaired) electrons. The van der Waals surface area contributed by atoms with Crippen molar-refractivity contribution in [2.24, 2.45) is 4.99 Å². The molecule has 3 rings (SSSR count). The third-order valence-electron chi connectivity index (χ3n) is 5.01. The van der Waals surface area contributed by atoms with E-state index in [4.69, 9.17) is 0 Å². The molecule has 1 aromatic carbocycles. The van der Waals surface area contributed by atoms with Crippen molar-refractivity contribution < 1.29 is 8.78 Å². The first-order chi connectivity index (χ1) is 11.6. The van der Waals surface area contributed by atoms with E-state index in [1.165, 1.54) is 31.0 Å². The van der Waals surface area contributed by atoms with Crippen molar-refractivity contribution in [1.29, 1.82) is 0 Å². The molecule has 0 aromatic heterocycles. The summed E-state index contributed by atoms with van der Waals surface area (Å²) in [6, 6.07) is 4.52. The number of hydrogen-bond donors (Lipinski definition) is 2. The number of benzene rings is 1. The molecule has 0 aliphatic heterocycles. The zero-order valence-corrected chi connectivity index (χ0v) is 15.0. The van der Waals surface area contributed by atoms with Crippen LogP contribution in [0.2, 0.25) is 0 Å². The highest BCUT2D eigenvalue weighted by atomic mass is 32.2. The fraction of sp³-hybridized carbons (Fsp3) is 0.611. The summed E-state index contributed by atoms with van der Waals surface area (Å²) >= 11 is 1.93. The van der Waals surface area contributed by atoms with Crippen molar-refractivity contribution in [1.82, 2.24) is 10.6 Å². The Morgan fingerprint density at radius 3 is 2.58 bits per heavy atom. The Labute approximate surface area is 146 Å². The summed E-state index contributed by atoms with van der Waals surface area (Å²) in [5.41, 5.74) is 0.200. The van der Waals surface area contributed by atoms with Crippen molar-refractivity contribution in [3.63, 3.8) is 0 Å².